The van der Waals surface area contributed by atoms with E-state index in [1.165, 1.54) is 6.42 Å². The second kappa shape index (κ2) is 7.31. The van der Waals surface area contributed by atoms with Gasteiger partial charge in [0.1, 0.15) is 0 Å². The third-order valence-electron chi connectivity index (χ3n) is 3.36. The van der Waals surface area contributed by atoms with Crippen LogP contribution in [0.1, 0.15) is 32.6 Å². The number of rotatable bonds is 7. The van der Waals surface area contributed by atoms with Gasteiger partial charge in [0.05, 0.1) is 12.6 Å². The molecule has 96 valence electrons. The van der Waals surface area contributed by atoms with Gasteiger partial charge in [0, 0.05) is 19.2 Å². The van der Waals surface area contributed by atoms with Crippen molar-refractivity contribution >= 4 is 5.91 Å². The van der Waals surface area contributed by atoms with Crippen LogP contribution in [0.2, 0.25) is 0 Å². The van der Waals surface area contributed by atoms with Crippen molar-refractivity contribution in [1.82, 2.24) is 10.2 Å². The van der Waals surface area contributed by atoms with Crippen molar-refractivity contribution in [2.75, 3.05) is 19.7 Å². The molecule has 4 nitrogen and oxygen atoms in total. The number of carbonyl (C=O) groups excluding carboxylic acids is 1. The molecule has 4 heteroatoms. The highest BCUT2D eigenvalue weighted by Gasteiger charge is 2.31. The van der Waals surface area contributed by atoms with Crippen molar-refractivity contribution < 1.29 is 9.90 Å². The van der Waals surface area contributed by atoms with E-state index in [1.807, 2.05) is 6.92 Å². The van der Waals surface area contributed by atoms with E-state index in [9.17, 15) is 4.79 Å². The Kier molecular flexibility index (Phi) is 6.03. The van der Waals surface area contributed by atoms with Gasteiger partial charge in [0.25, 0.3) is 0 Å². The predicted octanol–water partition coefficient (Wildman–Crippen LogP) is 0.361. The quantitative estimate of drug-likeness (QED) is 0.630. The van der Waals surface area contributed by atoms with Crippen molar-refractivity contribution in [2.45, 2.75) is 44.7 Å². The molecule has 0 aromatic heterocycles. The summed E-state index contributed by atoms with van der Waals surface area (Å²) < 4.78 is 0. The minimum Gasteiger partial charge on any atom is -0.396 e. The van der Waals surface area contributed by atoms with Crippen LogP contribution in [0.15, 0.2) is 0 Å². The molecule has 1 aliphatic rings. The lowest BCUT2D eigenvalue weighted by atomic mass is 9.90. The van der Waals surface area contributed by atoms with Crippen LogP contribution in [0.25, 0.3) is 0 Å². The Balaban J connectivity index is 2.49. The highest BCUT2D eigenvalue weighted by Crippen LogP contribution is 2.26. The van der Waals surface area contributed by atoms with E-state index in [2.05, 4.69) is 16.1 Å². The molecular weight excluding hydrogens is 216 g/mol. The summed E-state index contributed by atoms with van der Waals surface area (Å²) in [5.74, 6) is 2.38. The number of hydrogen-bond acceptors (Lipinski definition) is 3. The minimum atomic E-state index is -0.166. The van der Waals surface area contributed by atoms with Gasteiger partial charge in [-0.05, 0) is 26.2 Å². The van der Waals surface area contributed by atoms with Gasteiger partial charge in [0.15, 0.2) is 0 Å². The summed E-state index contributed by atoms with van der Waals surface area (Å²) >= 11 is 0. The zero-order valence-corrected chi connectivity index (χ0v) is 10.5. The van der Waals surface area contributed by atoms with Crippen LogP contribution in [0.3, 0.4) is 0 Å². The topological polar surface area (TPSA) is 52.6 Å². The molecule has 2 N–H and O–H groups in total. The van der Waals surface area contributed by atoms with Crippen LogP contribution in [0, 0.1) is 12.3 Å². The maximum Gasteiger partial charge on any atom is 0.237 e. The first-order valence-electron chi connectivity index (χ1n) is 6.28. The second-order valence-corrected chi connectivity index (χ2v) is 4.50. The number of aliphatic hydroxyl groups excluding tert-OH is 1. The van der Waals surface area contributed by atoms with Crippen molar-refractivity contribution in [3.63, 3.8) is 0 Å². The van der Waals surface area contributed by atoms with E-state index in [0.29, 0.717) is 12.5 Å². The second-order valence-electron chi connectivity index (χ2n) is 4.50. The number of nitrogens with one attached hydrogen (secondary N) is 1. The fraction of sp³-hybridized carbons (Fsp3) is 0.769. The van der Waals surface area contributed by atoms with Gasteiger partial charge in [-0.2, -0.15) is 0 Å². The number of aliphatic hydroxyl groups is 1. The predicted molar refractivity (Wildman–Crippen MR) is 67.4 cm³/mol. The summed E-state index contributed by atoms with van der Waals surface area (Å²) in [5.41, 5.74) is 0. The van der Waals surface area contributed by atoms with Crippen LogP contribution in [-0.4, -0.2) is 47.7 Å². The molecule has 0 heterocycles. The van der Waals surface area contributed by atoms with Gasteiger partial charge < -0.3 is 10.4 Å². The standard InChI is InChI=1S/C13H22N2O2/c1-3-8-14-13(17)11(2)15(9-5-10-16)12-6-4-7-12/h1,11-12,16H,4-10H2,2H3,(H,14,17). The fourth-order valence-electron chi connectivity index (χ4n) is 2.10. The molecule has 1 unspecified atom stereocenters. The first kappa shape index (κ1) is 14.0. The number of carbonyl (C=O) groups is 1. The van der Waals surface area contributed by atoms with Gasteiger partial charge in [-0.25, -0.2) is 0 Å². The number of nitrogens with zero attached hydrogens (tertiary/aromatic N) is 1. The van der Waals surface area contributed by atoms with Crippen LogP contribution in [0.5, 0.6) is 0 Å². The Labute approximate surface area is 103 Å². The van der Waals surface area contributed by atoms with Crippen LogP contribution < -0.4 is 5.32 Å². The van der Waals surface area contributed by atoms with E-state index in [0.717, 1.165) is 19.4 Å². The number of hydrogen-bond donors (Lipinski definition) is 2. The van der Waals surface area contributed by atoms with Crippen LogP contribution in [-0.2, 0) is 4.79 Å². The van der Waals surface area contributed by atoms with Gasteiger partial charge in [0.2, 0.25) is 5.91 Å². The SMILES string of the molecule is C#CCNC(=O)C(C)N(CCCO)C1CCC1. The summed E-state index contributed by atoms with van der Waals surface area (Å²) in [7, 11) is 0. The largest absolute Gasteiger partial charge is 0.396 e. The third-order valence-corrected chi connectivity index (χ3v) is 3.36. The van der Waals surface area contributed by atoms with Crippen LogP contribution >= 0.6 is 0 Å². The van der Waals surface area contributed by atoms with Gasteiger partial charge in [-0.3, -0.25) is 9.69 Å². The van der Waals surface area contributed by atoms with Gasteiger partial charge in [-0.15, -0.1) is 6.42 Å². The molecule has 0 radical (unpaired) electrons. The molecule has 1 saturated carbocycles. The van der Waals surface area contributed by atoms with E-state index in [-0.39, 0.29) is 25.1 Å². The Morgan fingerprint density at radius 3 is 2.82 bits per heavy atom. The van der Waals surface area contributed by atoms with Crippen molar-refractivity contribution in [3.8, 4) is 12.3 Å². The van der Waals surface area contributed by atoms with Crippen molar-refractivity contribution in [1.29, 1.82) is 0 Å². The zero-order valence-electron chi connectivity index (χ0n) is 10.5. The maximum atomic E-state index is 11.8. The minimum absolute atomic E-state index is 0.0206. The van der Waals surface area contributed by atoms with Gasteiger partial charge >= 0.3 is 0 Å². The smallest absolute Gasteiger partial charge is 0.237 e. The highest BCUT2D eigenvalue weighted by molar-refractivity contribution is 5.81. The van der Waals surface area contributed by atoms with E-state index in [4.69, 9.17) is 11.5 Å². The summed E-state index contributed by atoms with van der Waals surface area (Å²) in [5, 5.41) is 11.6. The average Bonchev–Trinajstić information content (AvgIpc) is 2.27. The summed E-state index contributed by atoms with van der Waals surface area (Å²) in [6, 6.07) is 0.327. The average molecular weight is 238 g/mol. The zero-order chi connectivity index (χ0) is 12.7. The molecular formula is C13H22N2O2. The molecule has 0 saturated heterocycles. The lowest BCUT2D eigenvalue weighted by Gasteiger charge is -2.40. The van der Waals surface area contributed by atoms with E-state index >= 15 is 0 Å². The van der Waals surface area contributed by atoms with Crippen molar-refractivity contribution in [2.24, 2.45) is 0 Å². The molecule has 1 atom stereocenters. The van der Waals surface area contributed by atoms with Crippen molar-refractivity contribution in [3.05, 3.63) is 0 Å². The highest BCUT2D eigenvalue weighted by atomic mass is 16.3. The molecule has 1 rings (SSSR count). The molecule has 0 aliphatic heterocycles. The fourth-order valence-corrected chi connectivity index (χ4v) is 2.10. The molecule has 1 aliphatic carbocycles. The molecule has 0 aromatic rings. The molecule has 17 heavy (non-hydrogen) atoms. The third kappa shape index (κ3) is 4.03. The maximum absolute atomic E-state index is 11.8. The molecule has 0 spiro atoms. The Bertz CT molecular complexity index is 282. The normalized spacial score (nSPS) is 17.3. The molecule has 0 aromatic carbocycles. The Hall–Kier alpha value is -1.05. The summed E-state index contributed by atoms with van der Waals surface area (Å²) in [6.45, 7) is 3.12. The molecule has 0 bridgehead atoms. The van der Waals surface area contributed by atoms with Gasteiger partial charge in [-0.1, -0.05) is 12.3 Å². The lowest BCUT2D eigenvalue weighted by Crippen LogP contribution is -2.52. The lowest BCUT2D eigenvalue weighted by molar-refractivity contribution is -0.127. The first-order chi connectivity index (χ1) is 8.20. The summed E-state index contributed by atoms with van der Waals surface area (Å²) in [6.07, 6.45) is 9.37. The van der Waals surface area contributed by atoms with E-state index in [1.54, 1.807) is 0 Å². The molecule has 1 amide bonds. The summed E-state index contributed by atoms with van der Waals surface area (Å²) in [4.78, 5) is 14.0. The Morgan fingerprint density at radius 1 is 1.65 bits per heavy atom. The monoisotopic (exact) mass is 238 g/mol. The molecule has 1 fully saturated rings. The van der Waals surface area contributed by atoms with E-state index < -0.39 is 0 Å². The Morgan fingerprint density at radius 2 is 2.35 bits per heavy atom. The number of amides is 1. The first-order valence-corrected chi connectivity index (χ1v) is 6.28. The van der Waals surface area contributed by atoms with Crippen LogP contribution in [0.4, 0.5) is 0 Å². The number of terminal acetylenes is 1.